The molecule has 33 heavy (non-hydrogen) atoms. The number of hydrogen-bond donors (Lipinski definition) is 2. The standard InChI is InChI=1S/C22H34N6O3S2/c1-27(2)13-17-5-7-19(29-17)15-32-11-9-23-21-22(26-31-25-21)24-10-12-33-16-20-8-6-18(30-20)14-28(3)4/h5-8H,9-16H2,1-4H3,(H,23,25)(H,24,26). The lowest BCUT2D eigenvalue weighted by Crippen LogP contribution is -2.10. The quantitative estimate of drug-likeness (QED) is 0.282. The lowest BCUT2D eigenvalue weighted by Gasteiger charge is -2.07. The van der Waals surface area contributed by atoms with Gasteiger partial charge < -0.3 is 29.3 Å². The third-order valence-electron chi connectivity index (χ3n) is 4.43. The zero-order valence-electron chi connectivity index (χ0n) is 19.8. The van der Waals surface area contributed by atoms with E-state index in [1.165, 1.54) is 0 Å². The number of thioether (sulfide) groups is 2. The smallest absolute Gasteiger partial charge is 0.215 e. The van der Waals surface area contributed by atoms with Gasteiger partial charge in [-0.1, -0.05) is 0 Å². The Labute approximate surface area is 204 Å². The molecule has 3 aromatic rings. The minimum absolute atomic E-state index is 0.645. The van der Waals surface area contributed by atoms with E-state index in [9.17, 15) is 0 Å². The van der Waals surface area contributed by atoms with Gasteiger partial charge in [0.25, 0.3) is 0 Å². The van der Waals surface area contributed by atoms with E-state index in [0.29, 0.717) is 11.6 Å². The van der Waals surface area contributed by atoms with Crippen LogP contribution < -0.4 is 10.6 Å². The second-order valence-corrected chi connectivity index (χ2v) is 10.3. The van der Waals surface area contributed by atoms with Gasteiger partial charge in [-0.05, 0) is 62.8 Å². The van der Waals surface area contributed by atoms with E-state index in [1.54, 1.807) is 0 Å². The fourth-order valence-corrected chi connectivity index (χ4v) is 4.54. The molecule has 0 aromatic carbocycles. The molecule has 0 spiro atoms. The van der Waals surface area contributed by atoms with Crippen molar-refractivity contribution in [1.29, 1.82) is 0 Å². The van der Waals surface area contributed by atoms with Crippen LogP contribution in [-0.2, 0) is 24.6 Å². The van der Waals surface area contributed by atoms with Crippen molar-refractivity contribution in [2.75, 3.05) is 63.4 Å². The third kappa shape index (κ3) is 9.36. The molecule has 2 N–H and O–H groups in total. The summed E-state index contributed by atoms with van der Waals surface area (Å²) in [6, 6.07) is 8.19. The number of nitrogens with one attached hydrogen (secondary N) is 2. The molecule has 0 radical (unpaired) electrons. The minimum atomic E-state index is 0.645. The molecule has 9 nitrogen and oxygen atoms in total. The maximum atomic E-state index is 5.83. The Morgan fingerprint density at radius 2 is 1.12 bits per heavy atom. The summed E-state index contributed by atoms with van der Waals surface area (Å²) in [5.74, 6) is 8.82. The molecule has 0 unspecified atom stereocenters. The second-order valence-electron chi connectivity index (χ2n) is 8.13. The molecule has 0 aliphatic carbocycles. The van der Waals surface area contributed by atoms with Crippen LogP contribution in [0.15, 0.2) is 37.7 Å². The molecule has 3 heterocycles. The van der Waals surface area contributed by atoms with E-state index in [-0.39, 0.29) is 0 Å². The van der Waals surface area contributed by atoms with Gasteiger partial charge in [0.1, 0.15) is 23.0 Å². The van der Waals surface area contributed by atoms with Gasteiger partial charge in [-0.25, -0.2) is 4.63 Å². The summed E-state index contributed by atoms with van der Waals surface area (Å²) < 4.78 is 16.6. The minimum Gasteiger partial charge on any atom is -0.464 e. The SMILES string of the molecule is CN(C)Cc1ccc(CSCCNc2nonc2NCCSCc2ccc(CN(C)C)o2)o1. The zero-order chi connectivity index (χ0) is 23.5. The van der Waals surface area contributed by atoms with Crippen LogP contribution in [0.4, 0.5) is 11.6 Å². The molecular weight excluding hydrogens is 460 g/mol. The molecule has 0 aliphatic heterocycles. The van der Waals surface area contributed by atoms with E-state index in [4.69, 9.17) is 13.5 Å². The highest BCUT2D eigenvalue weighted by atomic mass is 32.2. The zero-order valence-corrected chi connectivity index (χ0v) is 21.4. The lowest BCUT2D eigenvalue weighted by atomic mass is 10.4. The fourth-order valence-electron chi connectivity index (χ4n) is 3.04. The van der Waals surface area contributed by atoms with Crippen LogP contribution in [0.25, 0.3) is 0 Å². The summed E-state index contributed by atoms with van der Waals surface area (Å²) in [6.07, 6.45) is 0. The first kappa shape index (κ1) is 25.5. The Bertz CT molecular complexity index is 867. The highest BCUT2D eigenvalue weighted by Crippen LogP contribution is 2.19. The van der Waals surface area contributed by atoms with Crippen molar-refractivity contribution >= 4 is 35.2 Å². The monoisotopic (exact) mass is 494 g/mol. The largest absolute Gasteiger partial charge is 0.464 e. The van der Waals surface area contributed by atoms with Gasteiger partial charge in [0.05, 0.1) is 24.6 Å². The van der Waals surface area contributed by atoms with Crippen LogP contribution in [0.5, 0.6) is 0 Å². The summed E-state index contributed by atoms with van der Waals surface area (Å²) in [5, 5.41) is 14.5. The molecule has 0 saturated carbocycles. The van der Waals surface area contributed by atoms with Gasteiger partial charge in [0.2, 0.25) is 11.6 Å². The Morgan fingerprint density at radius 3 is 1.55 bits per heavy atom. The van der Waals surface area contributed by atoms with Gasteiger partial charge >= 0.3 is 0 Å². The molecule has 3 aromatic heterocycles. The maximum absolute atomic E-state index is 5.83. The van der Waals surface area contributed by atoms with Crippen molar-refractivity contribution in [2.24, 2.45) is 0 Å². The number of furan rings is 2. The Hall–Kier alpha value is -2.08. The Balaban J connectivity index is 1.27. The van der Waals surface area contributed by atoms with Crippen molar-refractivity contribution in [3.05, 3.63) is 47.3 Å². The fraction of sp³-hybridized carbons (Fsp3) is 0.545. The molecule has 182 valence electrons. The van der Waals surface area contributed by atoms with Crippen LogP contribution in [0, 0.1) is 0 Å². The van der Waals surface area contributed by atoms with E-state index < -0.39 is 0 Å². The van der Waals surface area contributed by atoms with Crippen LogP contribution in [-0.4, -0.2) is 72.9 Å². The van der Waals surface area contributed by atoms with Crippen LogP contribution in [0.1, 0.15) is 23.0 Å². The number of nitrogens with zero attached hydrogens (tertiary/aromatic N) is 4. The Kier molecular flexibility index (Phi) is 10.5. The molecule has 0 fully saturated rings. The van der Waals surface area contributed by atoms with Gasteiger partial charge in [-0.3, -0.25) is 0 Å². The first-order valence-corrected chi connectivity index (χ1v) is 13.2. The van der Waals surface area contributed by atoms with Crippen LogP contribution in [0.2, 0.25) is 0 Å². The number of anilines is 2. The van der Waals surface area contributed by atoms with Crippen molar-refractivity contribution in [3.8, 4) is 0 Å². The lowest BCUT2D eigenvalue weighted by molar-refractivity contribution is 0.310. The topological polar surface area (TPSA) is 95.7 Å². The average Bonchev–Trinajstić information content (AvgIpc) is 3.49. The average molecular weight is 495 g/mol. The highest BCUT2D eigenvalue weighted by molar-refractivity contribution is 7.98. The molecule has 0 aliphatic rings. The number of hydrogen-bond acceptors (Lipinski definition) is 11. The first-order valence-electron chi connectivity index (χ1n) is 10.9. The van der Waals surface area contributed by atoms with E-state index in [2.05, 4.69) is 42.9 Å². The molecule has 0 saturated heterocycles. The summed E-state index contributed by atoms with van der Waals surface area (Å²) in [6.45, 7) is 3.17. The van der Waals surface area contributed by atoms with Crippen molar-refractivity contribution in [2.45, 2.75) is 24.6 Å². The van der Waals surface area contributed by atoms with E-state index >= 15 is 0 Å². The molecule has 0 amide bonds. The molecular formula is C22H34N6O3S2. The van der Waals surface area contributed by atoms with Crippen LogP contribution >= 0.6 is 23.5 Å². The van der Waals surface area contributed by atoms with Gasteiger partial charge in [0, 0.05) is 24.6 Å². The number of aromatic nitrogens is 2. The Morgan fingerprint density at radius 1 is 0.697 bits per heavy atom. The first-order chi connectivity index (χ1) is 16.0. The van der Waals surface area contributed by atoms with Gasteiger partial charge in [0.15, 0.2) is 0 Å². The van der Waals surface area contributed by atoms with Crippen molar-refractivity contribution in [1.82, 2.24) is 20.1 Å². The predicted octanol–water partition coefficient (Wildman–Crippen LogP) is 4.07. The molecule has 0 bridgehead atoms. The van der Waals surface area contributed by atoms with Crippen molar-refractivity contribution in [3.63, 3.8) is 0 Å². The third-order valence-corrected chi connectivity index (χ3v) is 6.40. The molecule has 11 heteroatoms. The summed E-state index contributed by atoms with van der Waals surface area (Å²) in [7, 11) is 8.14. The summed E-state index contributed by atoms with van der Waals surface area (Å²) in [4.78, 5) is 4.19. The normalized spacial score (nSPS) is 11.6. The van der Waals surface area contributed by atoms with E-state index in [1.807, 2.05) is 63.8 Å². The molecule has 0 atom stereocenters. The number of rotatable bonds is 16. The second kappa shape index (κ2) is 13.6. The van der Waals surface area contributed by atoms with Crippen LogP contribution in [0.3, 0.4) is 0 Å². The molecule has 3 rings (SSSR count). The van der Waals surface area contributed by atoms with Gasteiger partial charge in [-0.2, -0.15) is 23.5 Å². The van der Waals surface area contributed by atoms with Gasteiger partial charge in [-0.15, -0.1) is 0 Å². The van der Waals surface area contributed by atoms with Crippen molar-refractivity contribution < 1.29 is 13.5 Å². The maximum Gasteiger partial charge on any atom is 0.215 e. The highest BCUT2D eigenvalue weighted by Gasteiger charge is 2.09. The summed E-state index contributed by atoms with van der Waals surface area (Å²) >= 11 is 3.62. The predicted molar refractivity (Wildman–Crippen MR) is 136 cm³/mol. The summed E-state index contributed by atoms with van der Waals surface area (Å²) in [5.41, 5.74) is 0. The van der Waals surface area contributed by atoms with E-state index in [0.717, 1.165) is 72.2 Å².